The van der Waals surface area contributed by atoms with Crippen LogP contribution in [0.2, 0.25) is 0 Å². The van der Waals surface area contributed by atoms with Crippen molar-refractivity contribution < 1.29 is 0 Å². The van der Waals surface area contributed by atoms with E-state index in [1.165, 1.54) is 25.7 Å². The number of hydrazine groups is 1. The first-order valence-corrected chi connectivity index (χ1v) is 7.19. The summed E-state index contributed by atoms with van der Waals surface area (Å²) in [5, 5.41) is 3.58. The molecule has 1 aliphatic carbocycles. The molecule has 0 saturated heterocycles. The Balaban J connectivity index is 2.15. The maximum Gasteiger partial charge on any atom is 0.148 e. The number of nitrogens with zero attached hydrogens (tertiary/aromatic N) is 2. The lowest BCUT2D eigenvalue weighted by atomic mass is 9.87. The third kappa shape index (κ3) is 3.35. The molecule has 5 heteroatoms. The van der Waals surface area contributed by atoms with Gasteiger partial charge in [-0.1, -0.05) is 20.8 Å². The van der Waals surface area contributed by atoms with Crippen LogP contribution in [0.3, 0.4) is 0 Å². The lowest BCUT2D eigenvalue weighted by Crippen LogP contribution is -2.27. The van der Waals surface area contributed by atoms with Crippen LogP contribution in [0.15, 0.2) is 6.33 Å². The molecular weight excluding hydrogens is 238 g/mol. The van der Waals surface area contributed by atoms with Gasteiger partial charge < -0.3 is 10.7 Å². The number of hydrogen-bond donors (Lipinski definition) is 3. The summed E-state index contributed by atoms with van der Waals surface area (Å²) in [6.07, 6.45) is 6.58. The van der Waals surface area contributed by atoms with Crippen molar-refractivity contribution in [1.29, 1.82) is 0 Å². The largest absolute Gasteiger partial charge is 0.367 e. The number of nitrogen functional groups attached to an aromatic ring is 1. The monoisotopic (exact) mass is 263 g/mol. The molecule has 106 valence electrons. The van der Waals surface area contributed by atoms with Gasteiger partial charge in [0, 0.05) is 11.6 Å². The van der Waals surface area contributed by atoms with Gasteiger partial charge in [0.25, 0.3) is 0 Å². The van der Waals surface area contributed by atoms with Gasteiger partial charge in [-0.3, -0.25) is 0 Å². The van der Waals surface area contributed by atoms with E-state index in [0.717, 1.165) is 23.1 Å². The Kier molecular flexibility index (Phi) is 4.58. The maximum absolute atomic E-state index is 5.54. The van der Waals surface area contributed by atoms with Crippen molar-refractivity contribution in [2.45, 2.75) is 58.4 Å². The molecule has 0 bridgehead atoms. The predicted octanol–water partition coefficient (Wildman–Crippen LogP) is 2.88. The Hall–Kier alpha value is -1.36. The predicted molar refractivity (Wildman–Crippen MR) is 79.0 cm³/mol. The third-order valence-corrected chi connectivity index (χ3v) is 3.95. The molecule has 0 unspecified atom stereocenters. The van der Waals surface area contributed by atoms with E-state index < -0.39 is 0 Å². The van der Waals surface area contributed by atoms with E-state index in [0.29, 0.717) is 12.0 Å². The first kappa shape index (κ1) is 14.1. The molecule has 1 heterocycles. The Morgan fingerprint density at radius 2 is 1.79 bits per heavy atom. The summed E-state index contributed by atoms with van der Waals surface area (Å²) in [6.45, 7) is 6.60. The zero-order chi connectivity index (χ0) is 13.8. The van der Waals surface area contributed by atoms with Crippen molar-refractivity contribution in [2.75, 3.05) is 10.7 Å². The van der Waals surface area contributed by atoms with Crippen LogP contribution in [-0.4, -0.2) is 16.0 Å². The molecule has 0 amide bonds. The van der Waals surface area contributed by atoms with E-state index in [1.54, 1.807) is 6.33 Å². The molecule has 1 aliphatic rings. The molecule has 0 aromatic carbocycles. The number of rotatable bonds is 4. The van der Waals surface area contributed by atoms with E-state index >= 15 is 0 Å². The van der Waals surface area contributed by atoms with Crippen molar-refractivity contribution in [3.8, 4) is 0 Å². The highest BCUT2D eigenvalue weighted by Gasteiger charge is 2.21. The van der Waals surface area contributed by atoms with Crippen LogP contribution in [0, 0.1) is 5.92 Å². The van der Waals surface area contributed by atoms with Gasteiger partial charge >= 0.3 is 0 Å². The fourth-order valence-electron chi connectivity index (χ4n) is 2.77. The SMILES string of the molecule is CC1CCC(Nc2ncnc(NN)c2C(C)C)CC1. The van der Waals surface area contributed by atoms with E-state index in [4.69, 9.17) is 5.84 Å². The van der Waals surface area contributed by atoms with Gasteiger partial charge in [0.2, 0.25) is 0 Å². The Bertz CT molecular complexity index is 410. The van der Waals surface area contributed by atoms with E-state index in [-0.39, 0.29) is 0 Å². The highest BCUT2D eigenvalue weighted by atomic mass is 15.3. The summed E-state index contributed by atoms with van der Waals surface area (Å²) in [7, 11) is 0. The summed E-state index contributed by atoms with van der Waals surface area (Å²) in [4.78, 5) is 8.60. The van der Waals surface area contributed by atoms with Crippen LogP contribution in [0.1, 0.15) is 57.9 Å². The number of hydrogen-bond acceptors (Lipinski definition) is 5. The number of nitrogens with one attached hydrogen (secondary N) is 2. The molecule has 0 spiro atoms. The minimum Gasteiger partial charge on any atom is -0.367 e. The average molecular weight is 263 g/mol. The second-order valence-corrected chi connectivity index (χ2v) is 5.88. The highest BCUT2D eigenvalue weighted by Crippen LogP contribution is 2.31. The molecule has 4 N–H and O–H groups in total. The first-order chi connectivity index (χ1) is 9.11. The van der Waals surface area contributed by atoms with Crippen LogP contribution in [-0.2, 0) is 0 Å². The first-order valence-electron chi connectivity index (χ1n) is 7.19. The van der Waals surface area contributed by atoms with Crippen LogP contribution in [0.25, 0.3) is 0 Å². The van der Waals surface area contributed by atoms with Gasteiger partial charge in [-0.25, -0.2) is 15.8 Å². The molecule has 1 aromatic heterocycles. The fourth-order valence-corrected chi connectivity index (χ4v) is 2.77. The summed E-state index contributed by atoms with van der Waals surface area (Å²) < 4.78 is 0. The van der Waals surface area contributed by atoms with Crippen LogP contribution in [0.5, 0.6) is 0 Å². The minimum absolute atomic E-state index is 0.331. The van der Waals surface area contributed by atoms with Crippen molar-refractivity contribution in [1.82, 2.24) is 9.97 Å². The molecule has 0 aliphatic heterocycles. The molecule has 0 radical (unpaired) electrons. The number of nitrogens with two attached hydrogens (primary N) is 1. The molecular formula is C14H25N5. The molecule has 19 heavy (non-hydrogen) atoms. The zero-order valence-electron chi connectivity index (χ0n) is 12.1. The summed E-state index contributed by atoms with van der Waals surface area (Å²) in [6, 6.07) is 0.522. The summed E-state index contributed by atoms with van der Waals surface area (Å²) in [5.74, 6) is 8.37. The Labute approximate surface area is 115 Å². The maximum atomic E-state index is 5.54. The Morgan fingerprint density at radius 1 is 1.16 bits per heavy atom. The van der Waals surface area contributed by atoms with Crippen LogP contribution < -0.4 is 16.6 Å². The summed E-state index contributed by atoms with van der Waals surface area (Å²) in [5.41, 5.74) is 3.74. The second kappa shape index (κ2) is 6.19. The van der Waals surface area contributed by atoms with Gasteiger partial charge in [-0.2, -0.15) is 0 Å². The highest BCUT2D eigenvalue weighted by molar-refractivity contribution is 5.58. The van der Waals surface area contributed by atoms with Crippen LogP contribution in [0.4, 0.5) is 11.6 Å². The standard InChI is InChI=1S/C14H25N5/c1-9(2)12-13(16-8-17-14(12)19-15)18-11-6-4-10(3)5-7-11/h8-11H,4-7,15H2,1-3H3,(H2,16,17,18,19). The molecule has 1 fully saturated rings. The van der Waals surface area contributed by atoms with E-state index in [9.17, 15) is 0 Å². The van der Waals surface area contributed by atoms with Crippen molar-refractivity contribution in [3.05, 3.63) is 11.9 Å². The van der Waals surface area contributed by atoms with E-state index in [2.05, 4.69) is 41.5 Å². The molecule has 5 nitrogen and oxygen atoms in total. The van der Waals surface area contributed by atoms with Crippen molar-refractivity contribution in [2.24, 2.45) is 11.8 Å². The average Bonchev–Trinajstić information content (AvgIpc) is 2.40. The minimum atomic E-state index is 0.331. The van der Waals surface area contributed by atoms with E-state index in [1.807, 2.05) is 0 Å². The summed E-state index contributed by atoms with van der Waals surface area (Å²) >= 11 is 0. The van der Waals surface area contributed by atoms with Gasteiger partial charge in [0.15, 0.2) is 0 Å². The number of aromatic nitrogens is 2. The number of anilines is 2. The van der Waals surface area contributed by atoms with Gasteiger partial charge in [0.1, 0.15) is 18.0 Å². The lowest BCUT2D eigenvalue weighted by Gasteiger charge is -2.28. The zero-order valence-corrected chi connectivity index (χ0v) is 12.1. The van der Waals surface area contributed by atoms with Gasteiger partial charge in [0.05, 0.1) is 0 Å². The van der Waals surface area contributed by atoms with Crippen molar-refractivity contribution >= 4 is 11.6 Å². The lowest BCUT2D eigenvalue weighted by molar-refractivity contribution is 0.360. The fraction of sp³-hybridized carbons (Fsp3) is 0.714. The smallest absolute Gasteiger partial charge is 0.148 e. The normalized spacial score (nSPS) is 23.4. The quantitative estimate of drug-likeness (QED) is 0.575. The molecule has 0 atom stereocenters. The van der Waals surface area contributed by atoms with Gasteiger partial charge in [-0.15, -0.1) is 0 Å². The van der Waals surface area contributed by atoms with Crippen molar-refractivity contribution in [3.63, 3.8) is 0 Å². The second-order valence-electron chi connectivity index (χ2n) is 5.88. The molecule has 1 saturated carbocycles. The Morgan fingerprint density at radius 3 is 2.37 bits per heavy atom. The third-order valence-electron chi connectivity index (χ3n) is 3.95. The molecule has 2 rings (SSSR count). The van der Waals surface area contributed by atoms with Gasteiger partial charge in [-0.05, 0) is 37.5 Å². The topological polar surface area (TPSA) is 75.9 Å². The molecule has 1 aromatic rings. The van der Waals surface area contributed by atoms with Crippen LogP contribution >= 0.6 is 0 Å².